The van der Waals surface area contributed by atoms with Crippen LogP contribution >= 0.6 is 11.6 Å². The number of halogens is 1. The second-order valence-corrected chi connectivity index (χ2v) is 5.24. The van der Waals surface area contributed by atoms with Crippen LogP contribution in [0, 0.1) is 0 Å². The molecule has 0 bridgehead atoms. The molecule has 5 heteroatoms. The number of benzene rings is 1. The minimum absolute atomic E-state index is 0.0253. The zero-order valence-electron chi connectivity index (χ0n) is 10.9. The topological polar surface area (TPSA) is 45.5 Å². The third kappa shape index (κ3) is 2.65. The van der Waals surface area contributed by atoms with Gasteiger partial charge in [-0.15, -0.1) is 0 Å². The molecule has 1 fully saturated rings. The Kier molecular flexibility index (Phi) is 3.65. The maximum absolute atomic E-state index is 12.3. The van der Waals surface area contributed by atoms with Crippen molar-refractivity contribution in [2.45, 2.75) is 18.9 Å². The van der Waals surface area contributed by atoms with Gasteiger partial charge in [0.15, 0.2) is 0 Å². The van der Waals surface area contributed by atoms with Gasteiger partial charge in [0.05, 0.1) is 12.3 Å². The van der Waals surface area contributed by atoms with E-state index >= 15 is 0 Å². The summed E-state index contributed by atoms with van der Waals surface area (Å²) in [4.78, 5) is 14.2. The van der Waals surface area contributed by atoms with Crippen molar-refractivity contribution in [1.82, 2.24) is 4.90 Å². The summed E-state index contributed by atoms with van der Waals surface area (Å²) in [6.07, 6.45) is 3.56. The number of furan rings is 1. The van der Waals surface area contributed by atoms with Crippen LogP contribution in [0.1, 0.15) is 24.6 Å². The van der Waals surface area contributed by atoms with Crippen LogP contribution < -0.4 is 5.32 Å². The lowest BCUT2D eigenvalue weighted by Gasteiger charge is -2.23. The summed E-state index contributed by atoms with van der Waals surface area (Å²) in [6, 6.07) is 10.8. The highest BCUT2D eigenvalue weighted by Gasteiger charge is 2.31. The molecule has 1 aromatic heterocycles. The quantitative estimate of drug-likeness (QED) is 0.896. The lowest BCUT2D eigenvalue weighted by atomic mass is 10.2. The molecule has 1 atom stereocenters. The van der Waals surface area contributed by atoms with Gasteiger partial charge in [-0.2, -0.15) is 0 Å². The number of amides is 2. The lowest BCUT2D eigenvalue weighted by Crippen LogP contribution is -2.34. The number of nitrogens with one attached hydrogen (secondary N) is 1. The molecule has 1 aromatic carbocycles. The largest absolute Gasteiger partial charge is 0.467 e. The molecule has 104 valence electrons. The maximum Gasteiger partial charge on any atom is 0.322 e. The molecule has 1 aliphatic heterocycles. The van der Waals surface area contributed by atoms with E-state index in [0.29, 0.717) is 5.02 Å². The van der Waals surface area contributed by atoms with Crippen LogP contribution in [0.4, 0.5) is 10.5 Å². The molecule has 0 spiro atoms. The van der Waals surface area contributed by atoms with Crippen molar-refractivity contribution in [2.24, 2.45) is 0 Å². The van der Waals surface area contributed by atoms with E-state index in [9.17, 15) is 4.79 Å². The van der Waals surface area contributed by atoms with Gasteiger partial charge in [-0.3, -0.25) is 0 Å². The van der Waals surface area contributed by atoms with Gasteiger partial charge in [-0.25, -0.2) is 4.79 Å². The molecule has 1 saturated heterocycles. The number of rotatable bonds is 2. The molecule has 1 aliphatic rings. The normalized spacial score (nSPS) is 18.2. The second-order valence-electron chi connectivity index (χ2n) is 4.80. The number of carbonyl (C=O) groups is 1. The third-order valence-electron chi connectivity index (χ3n) is 3.48. The molecule has 20 heavy (non-hydrogen) atoms. The predicted octanol–water partition coefficient (Wildman–Crippen LogP) is 4.30. The Morgan fingerprint density at radius 3 is 2.80 bits per heavy atom. The number of likely N-dealkylation sites (tertiary alicyclic amines) is 1. The average molecular weight is 291 g/mol. The fraction of sp³-hybridized carbons (Fsp3) is 0.267. The first-order valence-corrected chi connectivity index (χ1v) is 6.98. The van der Waals surface area contributed by atoms with E-state index in [1.807, 2.05) is 17.0 Å². The van der Waals surface area contributed by atoms with E-state index < -0.39 is 0 Å². The summed E-state index contributed by atoms with van der Waals surface area (Å²) in [5, 5.41) is 3.54. The molecule has 4 nitrogen and oxygen atoms in total. The summed E-state index contributed by atoms with van der Waals surface area (Å²) in [5.74, 6) is 0.841. The Morgan fingerprint density at radius 2 is 2.10 bits per heavy atom. The smallest absolute Gasteiger partial charge is 0.322 e. The maximum atomic E-state index is 12.3. The molecule has 1 N–H and O–H groups in total. The van der Waals surface area contributed by atoms with Gasteiger partial charge in [0.25, 0.3) is 0 Å². The molecule has 2 heterocycles. The number of anilines is 1. The monoisotopic (exact) mass is 290 g/mol. The van der Waals surface area contributed by atoms with Gasteiger partial charge in [0.2, 0.25) is 0 Å². The van der Waals surface area contributed by atoms with Crippen molar-refractivity contribution < 1.29 is 9.21 Å². The van der Waals surface area contributed by atoms with Crippen LogP contribution in [0.3, 0.4) is 0 Å². The van der Waals surface area contributed by atoms with Gasteiger partial charge in [0.1, 0.15) is 5.76 Å². The van der Waals surface area contributed by atoms with Crippen molar-refractivity contribution in [2.75, 3.05) is 11.9 Å². The van der Waals surface area contributed by atoms with E-state index in [0.717, 1.165) is 30.8 Å². The molecule has 2 aromatic rings. The summed E-state index contributed by atoms with van der Waals surface area (Å²) >= 11 is 5.83. The first-order valence-electron chi connectivity index (χ1n) is 6.60. The van der Waals surface area contributed by atoms with Crippen molar-refractivity contribution in [3.8, 4) is 0 Å². The van der Waals surface area contributed by atoms with Crippen molar-refractivity contribution in [3.63, 3.8) is 0 Å². The van der Waals surface area contributed by atoms with Gasteiger partial charge >= 0.3 is 6.03 Å². The van der Waals surface area contributed by atoms with Gasteiger partial charge < -0.3 is 14.6 Å². The zero-order chi connectivity index (χ0) is 13.9. The Labute approximate surface area is 122 Å². The Hall–Kier alpha value is -1.94. The summed E-state index contributed by atoms with van der Waals surface area (Å²) in [6.45, 7) is 0.741. The lowest BCUT2D eigenvalue weighted by molar-refractivity contribution is 0.200. The van der Waals surface area contributed by atoms with Crippen molar-refractivity contribution in [3.05, 3.63) is 53.4 Å². The van der Waals surface area contributed by atoms with Crippen LogP contribution in [0.2, 0.25) is 5.02 Å². The minimum atomic E-state index is -0.105. The molecular formula is C15H15ClN2O2. The number of urea groups is 1. The zero-order valence-corrected chi connectivity index (χ0v) is 11.6. The Morgan fingerprint density at radius 1 is 1.30 bits per heavy atom. The van der Waals surface area contributed by atoms with Crippen LogP contribution in [0.5, 0.6) is 0 Å². The highest BCUT2D eigenvalue weighted by atomic mass is 35.5. The van der Waals surface area contributed by atoms with Crippen LogP contribution in [0.15, 0.2) is 47.1 Å². The molecular weight excluding hydrogens is 276 g/mol. The Balaban J connectivity index is 1.71. The third-order valence-corrected chi connectivity index (χ3v) is 3.73. The predicted molar refractivity (Wildman–Crippen MR) is 77.9 cm³/mol. The van der Waals surface area contributed by atoms with Gasteiger partial charge in [-0.05, 0) is 49.2 Å². The first kappa shape index (κ1) is 13.1. The van der Waals surface area contributed by atoms with E-state index in [-0.39, 0.29) is 12.1 Å². The number of hydrogen-bond acceptors (Lipinski definition) is 2. The molecule has 0 aliphatic carbocycles. The highest BCUT2D eigenvalue weighted by Crippen LogP contribution is 2.32. The second kappa shape index (κ2) is 5.59. The van der Waals surface area contributed by atoms with Crippen molar-refractivity contribution >= 4 is 23.3 Å². The van der Waals surface area contributed by atoms with Crippen LogP contribution in [0.25, 0.3) is 0 Å². The van der Waals surface area contributed by atoms with Crippen LogP contribution in [-0.2, 0) is 0 Å². The van der Waals surface area contributed by atoms with E-state index in [2.05, 4.69) is 5.32 Å². The van der Waals surface area contributed by atoms with Crippen molar-refractivity contribution in [1.29, 1.82) is 0 Å². The molecule has 2 amide bonds. The first-order chi connectivity index (χ1) is 9.74. The van der Waals surface area contributed by atoms with Gasteiger partial charge in [-0.1, -0.05) is 11.6 Å². The summed E-state index contributed by atoms with van der Waals surface area (Å²) < 4.78 is 5.42. The fourth-order valence-electron chi connectivity index (χ4n) is 2.51. The number of hydrogen-bond donors (Lipinski definition) is 1. The SMILES string of the molecule is O=C(Nc1ccc(Cl)cc1)N1CCC[C@@H]1c1ccco1. The Bertz CT molecular complexity index is 580. The molecule has 0 saturated carbocycles. The number of nitrogens with zero attached hydrogens (tertiary/aromatic N) is 1. The highest BCUT2D eigenvalue weighted by molar-refractivity contribution is 6.30. The van der Waals surface area contributed by atoms with E-state index in [1.165, 1.54) is 0 Å². The summed E-state index contributed by atoms with van der Waals surface area (Å²) in [5.41, 5.74) is 0.740. The van der Waals surface area contributed by atoms with Crippen LogP contribution in [-0.4, -0.2) is 17.5 Å². The van der Waals surface area contributed by atoms with Gasteiger partial charge in [0, 0.05) is 17.3 Å². The van der Waals surface area contributed by atoms with E-state index in [4.69, 9.17) is 16.0 Å². The average Bonchev–Trinajstić information content (AvgIpc) is 3.11. The minimum Gasteiger partial charge on any atom is -0.467 e. The fourth-order valence-corrected chi connectivity index (χ4v) is 2.64. The molecule has 0 radical (unpaired) electrons. The van der Waals surface area contributed by atoms with E-state index in [1.54, 1.807) is 30.5 Å². The standard InChI is InChI=1S/C15H15ClN2O2/c16-11-5-7-12(8-6-11)17-15(19)18-9-1-3-13(18)14-4-2-10-20-14/h2,4-8,10,13H,1,3,9H2,(H,17,19)/t13-/m1/s1. The number of carbonyl (C=O) groups excluding carboxylic acids is 1. The molecule has 0 unspecified atom stereocenters. The molecule has 3 rings (SSSR count). The summed E-state index contributed by atoms with van der Waals surface area (Å²) in [7, 11) is 0.